The fourth-order valence-corrected chi connectivity index (χ4v) is 2.42. The molecule has 0 radical (unpaired) electrons. The lowest BCUT2D eigenvalue weighted by molar-refractivity contribution is -0.147. The van der Waals surface area contributed by atoms with E-state index in [1.54, 1.807) is 6.92 Å². The number of carbonyl (C=O) groups excluding carboxylic acids is 1. The highest BCUT2D eigenvalue weighted by atomic mass is 16.5. The van der Waals surface area contributed by atoms with Crippen molar-refractivity contribution in [1.82, 2.24) is 5.32 Å². The molecule has 2 N–H and O–H groups in total. The quantitative estimate of drug-likeness (QED) is 0.743. The van der Waals surface area contributed by atoms with Crippen molar-refractivity contribution in [2.75, 3.05) is 6.61 Å². The Morgan fingerprint density at radius 2 is 2.16 bits per heavy atom. The number of amides is 1. The maximum atomic E-state index is 11.9. The minimum Gasteiger partial charge on any atom is -0.480 e. The first-order valence-corrected chi connectivity index (χ1v) is 7.14. The van der Waals surface area contributed by atoms with Gasteiger partial charge >= 0.3 is 5.97 Å². The van der Waals surface area contributed by atoms with Crippen LogP contribution in [0.2, 0.25) is 0 Å². The van der Waals surface area contributed by atoms with Gasteiger partial charge in [-0.2, -0.15) is 0 Å². The maximum Gasteiger partial charge on any atom is 0.329 e. The van der Waals surface area contributed by atoms with Crippen molar-refractivity contribution < 1.29 is 19.4 Å². The average molecular weight is 271 g/mol. The Morgan fingerprint density at radius 3 is 2.68 bits per heavy atom. The average Bonchev–Trinajstić information content (AvgIpc) is 2.37. The second-order valence-corrected chi connectivity index (χ2v) is 5.46. The van der Waals surface area contributed by atoms with E-state index in [1.165, 1.54) is 0 Å². The second-order valence-electron chi connectivity index (χ2n) is 5.46. The van der Waals surface area contributed by atoms with Crippen molar-refractivity contribution in [1.29, 1.82) is 0 Å². The Labute approximate surface area is 114 Å². The van der Waals surface area contributed by atoms with Gasteiger partial charge in [0.2, 0.25) is 5.91 Å². The van der Waals surface area contributed by atoms with Gasteiger partial charge in [0, 0.05) is 13.0 Å². The molecule has 5 nitrogen and oxygen atoms in total. The highest BCUT2D eigenvalue weighted by Gasteiger charge is 2.33. The lowest BCUT2D eigenvalue weighted by atomic mass is 9.95. The monoisotopic (exact) mass is 271 g/mol. The molecule has 1 aliphatic heterocycles. The highest BCUT2D eigenvalue weighted by molar-refractivity contribution is 5.86. The molecular formula is C14H25NO4. The van der Waals surface area contributed by atoms with Gasteiger partial charge in [-0.05, 0) is 39.0 Å². The van der Waals surface area contributed by atoms with Crippen LogP contribution in [0.3, 0.4) is 0 Å². The van der Waals surface area contributed by atoms with Crippen molar-refractivity contribution in [2.45, 2.75) is 70.4 Å². The molecule has 1 saturated heterocycles. The Morgan fingerprint density at radius 1 is 1.42 bits per heavy atom. The van der Waals surface area contributed by atoms with E-state index in [0.29, 0.717) is 19.3 Å². The van der Waals surface area contributed by atoms with Crippen molar-refractivity contribution in [3.63, 3.8) is 0 Å². The molecule has 5 heteroatoms. The molecule has 0 unspecified atom stereocenters. The van der Waals surface area contributed by atoms with E-state index in [0.717, 1.165) is 32.3 Å². The van der Waals surface area contributed by atoms with E-state index in [-0.39, 0.29) is 12.0 Å². The number of carboxylic acids is 1. The van der Waals surface area contributed by atoms with Crippen LogP contribution in [0.25, 0.3) is 0 Å². The summed E-state index contributed by atoms with van der Waals surface area (Å²) in [6.45, 7) is 4.24. The lowest BCUT2D eigenvalue weighted by Gasteiger charge is -2.27. The Kier molecular flexibility index (Phi) is 6.28. The van der Waals surface area contributed by atoms with E-state index in [1.807, 2.05) is 6.92 Å². The predicted octanol–water partition coefficient (Wildman–Crippen LogP) is 2.10. The van der Waals surface area contributed by atoms with Gasteiger partial charge in [-0.1, -0.05) is 13.3 Å². The topological polar surface area (TPSA) is 75.6 Å². The van der Waals surface area contributed by atoms with Crippen LogP contribution in [0.5, 0.6) is 0 Å². The van der Waals surface area contributed by atoms with E-state index in [9.17, 15) is 14.7 Å². The molecule has 0 aromatic carbocycles. The number of carbonyl (C=O) groups is 2. The van der Waals surface area contributed by atoms with Gasteiger partial charge in [0.05, 0.1) is 6.10 Å². The largest absolute Gasteiger partial charge is 0.480 e. The van der Waals surface area contributed by atoms with Crippen LogP contribution in [0.15, 0.2) is 0 Å². The number of rotatable bonds is 7. The van der Waals surface area contributed by atoms with Crippen molar-refractivity contribution >= 4 is 11.9 Å². The smallest absolute Gasteiger partial charge is 0.329 e. The zero-order valence-electron chi connectivity index (χ0n) is 11.9. The summed E-state index contributed by atoms with van der Waals surface area (Å²) in [5.74, 6) is -1.18. The summed E-state index contributed by atoms with van der Waals surface area (Å²) < 4.78 is 5.56. The Hall–Kier alpha value is -1.10. The van der Waals surface area contributed by atoms with Gasteiger partial charge in [-0.25, -0.2) is 4.79 Å². The first kappa shape index (κ1) is 16.0. The van der Waals surface area contributed by atoms with Gasteiger partial charge in [0.15, 0.2) is 0 Å². The van der Waals surface area contributed by atoms with E-state index >= 15 is 0 Å². The summed E-state index contributed by atoms with van der Waals surface area (Å²) in [4.78, 5) is 23.1. The molecule has 1 fully saturated rings. The van der Waals surface area contributed by atoms with Crippen LogP contribution in [0.4, 0.5) is 0 Å². The zero-order valence-corrected chi connectivity index (χ0v) is 11.9. The van der Waals surface area contributed by atoms with Crippen LogP contribution < -0.4 is 5.32 Å². The summed E-state index contributed by atoms with van der Waals surface area (Å²) in [7, 11) is 0. The van der Waals surface area contributed by atoms with Gasteiger partial charge in [-0.3, -0.25) is 4.79 Å². The zero-order chi connectivity index (χ0) is 14.3. The minimum absolute atomic E-state index is 0.154. The highest BCUT2D eigenvalue weighted by Crippen LogP contribution is 2.18. The second kappa shape index (κ2) is 7.48. The molecule has 1 heterocycles. The molecule has 0 spiro atoms. The molecule has 1 rings (SSSR count). The number of ether oxygens (including phenoxy) is 1. The fraction of sp³-hybridized carbons (Fsp3) is 0.857. The summed E-state index contributed by atoms with van der Waals surface area (Å²) in [5, 5.41) is 11.8. The molecule has 110 valence electrons. The summed E-state index contributed by atoms with van der Waals surface area (Å²) in [5.41, 5.74) is -1.15. The van der Waals surface area contributed by atoms with Gasteiger partial charge < -0.3 is 15.2 Å². The van der Waals surface area contributed by atoms with Crippen molar-refractivity contribution in [2.24, 2.45) is 0 Å². The van der Waals surface area contributed by atoms with Crippen LogP contribution in [0.1, 0.15) is 58.8 Å². The number of aliphatic carboxylic acids is 1. The van der Waals surface area contributed by atoms with Crippen LogP contribution in [-0.4, -0.2) is 35.2 Å². The predicted molar refractivity (Wildman–Crippen MR) is 71.9 cm³/mol. The molecule has 1 amide bonds. The van der Waals surface area contributed by atoms with Gasteiger partial charge in [0.25, 0.3) is 0 Å². The summed E-state index contributed by atoms with van der Waals surface area (Å²) >= 11 is 0. The molecule has 0 bridgehead atoms. The van der Waals surface area contributed by atoms with Gasteiger partial charge in [-0.15, -0.1) is 0 Å². The lowest BCUT2D eigenvalue weighted by Crippen LogP contribution is -2.52. The molecule has 0 aromatic heterocycles. The Bertz CT molecular complexity index is 313. The van der Waals surface area contributed by atoms with Gasteiger partial charge in [0.1, 0.15) is 5.54 Å². The molecule has 19 heavy (non-hydrogen) atoms. The first-order valence-electron chi connectivity index (χ1n) is 7.14. The SMILES string of the molecule is CCC[C@](C)(NC(=O)CC[C@H]1CCCCO1)C(=O)O. The standard InChI is InChI=1S/C14H25NO4/c1-3-9-14(2,13(17)18)15-12(16)8-7-11-6-4-5-10-19-11/h11H,3-10H2,1-2H3,(H,15,16)(H,17,18)/t11-,14+/m1/s1. The van der Waals surface area contributed by atoms with Crippen LogP contribution in [0, 0.1) is 0 Å². The molecular weight excluding hydrogens is 246 g/mol. The van der Waals surface area contributed by atoms with Crippen LogP contribution >= 0.6 is 0 Å². The normalized spacial score (nSPS) is 22.5. The Balaban J connectivity index is 2.37. The van der Waals surface area contributed by atoms with Crippen molar-refractivity contribution in [3.05, 3.63) is 0 Å². The number of hydrogen-bond donors (Lipinski definition) is 2. The molecule has 1 aliphatic rings. The van der Waals surface area contributed by atoms with Crippen LogP contribution in [-0.2, 0) is 14.3 Å². The first-order chi connectivity index (χ1) is 8.98. The maximum absolute atomic E-state index is 11.9. The third-order valence-electron chi connectivity index (χ3n) is 3.60. The number of nitrogens with one attached hydrogen (secondary N) is 1. The summed E-state index contributed by atoms with van der Waals surface area (Å²) in [6.07, 6.45) is 5.55. The van der Waals surface area contributed by atoms with E-state index in [2.05, 4.69) is 5.32 Å². The molecule has 0 saturated carbocycles. The number of hydrogen-bond acceptors (Lipinski definition) is 3. The molecule has 0 aliphatic carbocycles. The number of carboxylic acid groups (broad SMARTS) is 1. The third-order valence-corrected chi connectivity index (χ3v) is 3.60. The van der Waals surface area contributed by atoms with Crippen molar-refractivity contribution in [3.8, 4) is 0 Å². The molecule has 2 atom stereocenters. The molecule has 0 aromatic rings. The fourth-order valence-electron chi connectivity index (χ4n) is 2.42. The van der Waals surface area contributed by atoms with E-state index in [4.69, 9.17) is 4.74 Å². The summed E-state index contributed by atoms with van der Waals surface area (Å²) in [6, 6.07) is 0. The van der Waals surface area contributed by atoms with E-state index < -0.39 is 11.5 Å². The third kappa shape index (κ3) is 5.19. The minimum atomic E-state index is -1.15.